The van der Waals surface area contributed by atoms with Crippen LogP contribution in [-0.4, -0.2) is 5.78 Å². The molecular formula is C14H11NOS. The molecule has 2 rings (SSSR count). The Balaban J connectivity index is 2.47. The second-order valence-corrected chi connectivity index (χ2v) is 4.86. The molecule has 3 heteroatoms. The highest BCUT2D eigenvalue weighted by molar-refractivity contribution is 7.12. The van der Waals surface area contributed by atoms with Crippen molar-refractivity contribution in [3.63, 3.8) is 0 Å². The molecule has 0 spiro atoms. The van der Waals surface area contributed by atoms with Gasteiger partial charge in [0.2, 0.25) is 0 Å². The minimum Gasteiger partial charge on any atom is -0.291 e. The number of ketones is 1. The Kier molecular flexibility index (Phi) is 3.08. The van der Waals surface area contributed by atoms with Gasteiger partial charge < -0.3 is 0 Å². The van der Waals surface area contributed by atoms with Crippen molar-refractivity contribution in [3.05, 3.63) is 58.3 Å². The molecule has 1 aromatic heterocycles. The molecule has 0 saturated heterocycles. The lowest BCUT2D eigenvalue weighted by molar-refractivity contribution is 0.0935. The zero-order valence-electron chi connectivity index (χ0n) is 9.38. The van der Waals surface area contributed by atoms with Crippen LogP contribution in [0.3, 0.4) is 0 Å². The third kappa shape index (κ3) is 2.00. The van der Waals surface area contributed by atoms with Crippen LogP contribution in [0.5, 0.6) is 0 Å². The molecule has 0 fully saturated rings. The average Bonchev–Trinajstić information content (AvgIpc) is 2.92. The van der Waals surface area contributed by atoms with Gasteiger partial charge >= 0.3 is 0 Å². The molecule has 1 unspecified atom stereocenters. The number of thiophene rings is 1. The van der Waals surface area contributed by atoms with Crippen LogP contribution in [0.25, 0.3) is 0 Å². The zero-order chi connectivity index (χ0) is 12.3. The van der Waals surface area contributed by atoms with Crippen molar-refractivity contribution in [2.45, 2.75) is 12.3 Å². The maximum atomic E-state index is 12.3. The van der Waals surface area contributed by atoms with E-state index in [0.29, 0.717) is 4.88 Å². The molecule has 1 aromatic carbocycles. The van der Waals surface area contributed by atoms with Crippen LogP contribution >= 0.6 is 11.3 Å². The first-order valence-corrected chi connectivity index (χ1v) is 6.11. The second-order valence-electron chi connectivity index (χ2n) is 3.91. The van der Waals surface area contributed by atoms with Crippen LogP contribution in [-0.2, 0) is 5.41 Å². The molecule has 0 aliphatic carbocycles. The molecule has 0 N–H and O–H groups in total. The number of carbonyl (C=O) groups is 1. The summed E-state index contributed by atoms with van der Waals surface area (Å²) in [6.45, 7) is 1.67. The fourth-order valence-electron chi connectivity index (χ4n) is 1.67. The molecule has 2 nitrogen and oxygen atoms in total. The van der Waals surface area contributed by atoms with Gasteiger partial charge in [-0.25, -0.2) is 0 Å². The Morgan fingerprint density at radius 1 is 1.24 bits per heavy atom. The Bertz CT molecular complexity index is 554. The summed E-state index contributed by atoms with van der Waals surface area (Å²) in [5, 5.41) is 11.2. The van der Waals surface area contributed by atoms with Gasteiger partial charge in [0.1, 0.15) is 5.41 Å². The lowest BCUT2D eigenvalue weighted by Crippen LogP contribution is -2.30. The first-order chi connectivity index (χ1) is 8.18. The van der Waals surface area contributed by atoms with Crippen molar-refractivity contribution < 1.29 is 4.79 Å². The predicted molar refractivity (Wildman–Crippen MR) is 68.1 cm³/mol. The van der Waals surface area contributed by atoms with E-state index in [1.807, 2.05) is 41.8 Å². The number of hydrogen-bond acceptors (Lipinski definition) is 3. The van der Waals surface area contributed by atoms with Gasteiger partial charge in [-0.05, 0) is 23.9 Å². The number of hydrogen-bond donors (Lipinski definition) is 0. The fraction of sp³-hybridized carbons (Fsp3) is 0.143. The smallest absolute Gasteiger partial charge is 0.197 e. The SMILES string of the molecule is CC(C#N)(C(=O)c1cccs1)c1ccccc1. The van der Waals surface area contributed by atoms with Gasteiger partial charge in [-0.15, -0.1) is 11.3 Å². The van der Waals surface area contributed by atoms with Crippen LogP contribution in [0.2, 0.25) is 0 Å². The second kappa shape index (κ2) is 4.52. The first kappa shape index (κ1) is 11.6. The van der Waals surface area contributed by atoms with Gasteiger partial charge in [0.15, 0.2) is 5.78 Å². The zero-order valence-corrected chi connectivity index (χ0v) is 10.2. The number of benzene rings is 1. The third-order valence-electron chi connectivity index (χ3n) is 2.77. The topological polar surface area (TPSA) is 40.9 Å². The molecule has 0 radical (unpaired) electrons. The molecule has 0 amide bonds. The van der Waals surface area contributed by atoms with Crippen LogP contribution < -0.4 is 0 Å². The van der Waals surface area contributed by atoms with Crippen LogP contribution in [0.15, 0.2) is 47.8 Å². The van der Waals surface area contributed by atoms with Crippen molar-refractivity contribution >= 4 is 17.1 Å². The number of Topliss-reactive ketones (excluding diaryl/α,β-unsaturated/α-hetero) is 1. The van der Waals surface area contributed by atoms with E-state index >= 15 is 0 Å². The molecule has 1 heterocycles. The molecule has 84 valence electrons. The summed E-state index contributed by atoms with van der Waals surface area (Å²) >= 11 is 1.37. The van der Waals surface area contributed by atoms with Gasteiger partial charge in [0.25, 0.3) is 0 Å². The van der Waals surface area contributed by atoms with Crippen molar-refractivity contribution in [1.82, 2.24) is 0 Å². The average molecular weight is 241 g/mol. The summed E-state index contributed by atoms with van der Waals surface area (Å²) in [7, 11) is 0. The molecular weight excluding hydrogens is 230 g/mol. The number of carbonyl (C=O) groups excluding carboxylic acids is 1. The number of nitrogens with zero attached hydrogens (tertiary/aromatic N) is 1. The summed E-state index contributed by atoms with van der Waals surface area (Å²) in [6, 6.07) is 14.9. The molecule has 2 aromatic rings. The van der Waals surface area contributed by atoms with Crippen molar-refractivity contribution in [1.29, 1.82) is 5.26 Å². The van der Waals surface area contributed by atoms with Crippen LogP contribution in [0, 0.1) is 11.3 Å². The van der Waals surface area contributed by atoms with Crippen molar-refractivity contribution in [2.75, 3.05) is 0 Å². The maximum Gasteiger partial charge on any atom is 0.197 e. The highest BCUT2D eigenvalue weighted by atomic mass is 32.1. The van der Waals surface area contributed by atoms with Gasteiger partial charge in [0, 0.05) is 0 Å². The molecule has 0 aliphatic heterocycles. The Hall–Kier alpha value is -1.92. The van der Waals surface area contributed by atoms with Crippen molar-refractivity contribution in [3.8, 4) is 6.07 Å². The van der Waals surface area contributed by atoms with E-state index in [1.54, 1.807) is 13.0 Å². The Morgan fingerprint density at radius 2 is 1.94 bits per heavy atom. The molecule has 0 saturated carbocycles. The van der Waals surface area contributed by atoms with E-state index in [4.69, 9.17) is 0 Å². The largest absolute Gasteiger partial charge is 0.291 e. The third-order valence-corrected chi connectivity index (χ3v) is 3.64. The van der Waals surface area contributed by atoms with E-state index in [9.17, 15) is 10.1 Å². The molecule has 0 aliphatic rings. The maximum absolute atomic E-state index is 12.3. The van der Waals surface area contributed by atoms with Gasteiger partial charge in [-0.2, -0.15) is 5.26 Å². The van der Waals surface area contributed by atoms with E-state index in [0.717, 1.165) is 5.56 Å². The van der Waals surface area contributed by atoms with Crippen LogP contribution in [0.1, 0.15) is 22.2 Å². The van der Waals surface area contributed by atoms with E-state index < -0.39 is 5.41 Å². The summed E-state index contributed by atoms with van der Waals surface area (Å²) in [5.41, 5.74) is -0.368. The minimum absolute atomic E-state index is 0.138. The normalized spacial score (nSPS) is 13.6. The number of rotatable bonds is 3. The summed E-state index contributed by atoms with van der Waals surface area (Å²) in [6.07, 6.45) is 0. The van der Waals surface area contributed by atoms with E-state index in [-0.39, 0.29) is 5.78 Å². The Morgan fingerprint density at radius 3 is 2.47 bits per heavy atom. The summed E-state index contributed by atoms with van der Waals surface area (Å²) in [5.74, 6) is -0.138. The first-order valence-electron chi connectivity index (χ1n) is 5.23. The van der Waals surface area contributed by atoms with Crippen LogP contribution in [0.4, 0.5) is 0 Å². The minimum atomic E-state index is -1.11. The van der Waals surface area contributed by atoms with Gasteiger partial charge in [-0.1, -0.05) is 36.4 Å². The number of nitriles is 1. The summed E-state index contributed by atoms with van der Waals surface area (Å²) in [4.78, 5) is 13.0. The van der Waals surface area contributed by atoms with Gasteiger partial charge in [0.05, 0.1) is 10.9 Å². The van der Waals surface area contributed by atoms with Crippen molar-refractivity contribution in [2.24, 2.45) is 0 Å². The van der Waals surface area contributed by atoms with Gasteiger partial charge in [-0.3, -0.25) is 4.79 Å². The Labute approximate surface area is 104 Å². The highest BCUT2D eigenvalue weighted by Gasteiger charge is 2.36. The quantitative estimate of drug-likeness (QED) is 0.773. The summed E-state index contributed by atoms with van der Waals surface area (Å²) < 4.78 is 0. The monoisotopic (exact) mass is 241 g/mol. The predicted octanol–water partition coefficient (Wildman–Crippen LogP) is 3.41. The lowest BCUT2D eigenvalue weighted by atomic mass is 9.79. The van der Waals surface area contributed by atoms with E-state index in [2.05, 4.69) is 6.07 Å². The lowest BCUT2D eigenvalue weighted by Gasteiger charge is -2.19. The molecule has 17 heavy (non-hydrogen) atoms. The standard InChI is InChI=1S/C14H11NOS/c1-14(10-15,11-6-3-2-4-7-11)13(16)12-8-5-9-17-12/h2-9H,1H3. The van der Waals surface area contributed by atoms with E-state index in [1.165, 1.54) is 11.3 Å². The fourth-order valence-corrected chi connectivity index (χ4v) is 2.44. The molecule has 1 atom stereocenters. The highest BCUT2D eigenvalue weighted by Crippen LogP contribution is 2.29. The molecule has 0 bridgehead atoms.